The minimum atomic E-state index is -1.12. The highest BCUT2D eigenvalue weighted by atomic mass is 16.5. The first kappa shape index (κ1) is 19.0. The zero-order chi connectivity index (χ0) is 19.7. The minimum absolute atomic E-state index is 0.0193. The maximum atomic E-state index is 12.8. The SMILES string of the molecule is CNCc1cn(CC2OC(CC(=O)N3CCc4ccccc43)C(O)C2O)nn1. The molecule has 4 atom stereocenters. The number of benzene rings is 1. The van der Waals surface area contributed by atoms with E-state index in [0.717, 1.165) is 23.4 Å². The van der Waals surface area contributed by atoms with Crippen molar-refractivity contribution in [2.45, 2.75) is 50.3 Å². The van der Waals surface area contributed by atoms with Gasteiger partial charge in [0.05, 0.1) is 24.8 Å². The second kappa shape index (κ2) is 7.96. The molecule has 1 aromatic carbocycles. The summed E-state index contributed by atoms with van der Waals surface area (Å²) in [4.78, 5) is 14.5. The Balaban J connectivity index is 1.38. The Morgan fingerprint density at radius 2 is 2.07 bits per heavy atom. The highest BCUT2D eigenvalue weighted by Gasteiger charge is 2.44. The van der Waals surface area contributed by atoms with Gasteiger partial charge in [-0.15, -0.1) is 5.10 Å². The number of fused-ring (bicyclic) bond motifs is 1. The molecule has 0 bridgehead atoms. The third-order valence-electron chi connectivity index (χ3n) is 5.34. The van der Waals surface area contributed by atoms with Crippen LogP contribution in [0.2, 0.25) is 0 Å². The highest BCUT2D eigenvalue weighted by Crippen LogP contribution is 2.30. The molecule has 0 spiro atoms. The standard InChI is InChI=1S/C19H25N5O4/c1-20-9-13-10-23(22-21-13)11-16-19(27)18(26)15(28-16)8-17(25)24-7-6-12-4-2-3-5-14(12)24/h2-5,10,15-16,18-20,26-27H,6-9,11H2,1H3. The van der Waals surface area contributed by atoms with E-state index in [1.807, 2.05) is 31.3 Å². The number of nitrogens with zero attached hydrogens (tertiary/aromatic N) is 4. The highest BCUT2D eigenvalue weighted by molar-refractivity contribution is 5.95. The van der Waals surface area contributed by atoms with Crippen LogP contribution in [-0.2, 0) is 29.0 Å². The summed E-state index contributed by atoms with van der Waals surface area (Å²) in [5.41, 5.74) is 2.83. The number of rotatable bonds is 6. The molecule has 9 nitrogen and oxygen atoms in total. The predicted octanol–water partition coefficient (Wildman–Crippen LogP) is -0.534. The lowest BCUT2D eigenvalue weighted by molar-refractivity contribution is -0.122. The molecule has 0 aliphatic carbocycles. The van der Waals surface area contributed by atoms with Crippen LogP contribution in [0.1, 0.15) is 17.7 Å². The van der Waals surface area contributed by atoms with Crippen LogP contribution in [0.5, 0.6) is 0 Å². The van der Waals surface area contributed by atoms with E-state index in [4.69, 9.17) is 4.74 Å². The number of aliphatic hydroxyl groups is 2. The second-order valence-corrected chi connectivity index (χ2v) is 7.28. The molecule has 1 amide bonds. The van der Waals surface area contributed by atoms with Crippen molar-refractivity contribution in [2.75, 3.05) is 18.5 Å². The number of aromatic nitrogens is 3. The first-order chi connectivity index (χ1) is 13.6. The van der Waals surface area contributed by atoms with Gasteiger partial charge >= 0.3 is 0 Å². The van der Waals surface area contributed by atoms with Gasteiger partial charge in [0.2, 0.25) is 5.91 Å². The van der Waals surface area contributed by atoms with Crippen LogP contribution >= 0.6 is 0 Å². The fourth-order valence-corrected chi connectivity index (χ4v) is 3.90. The molecule has 28 heavy (non-hydrogen) atoms. The number of ether oxygens (including phenoxy) is 1. The van der Waals surface area contributed by atoms with Gasteiger partial charge in [-0.05, 0) is 25.1 Å². The summed E-state index contributed by atoms with van der Waals surface area (Å²) in [7, 11) is 1.82. The van der Waals surface area contributed by atoms with Crippen molar-refractivity contribution in [3.05, 3.63) is 41.7 Å². The van der Waals surface area contributed by atoms with Crippen LogP contribution in [0, 0.1) is 0 Å². The smallest absolute Gasteiger partial charge is 0.229 e. The topological polar surface area (TPSA) is 113 Å². The van der Waals surface area contributed by atoms with Gasteiger partial charge in [0.1, 0.15) is 18.3 Å². The average Bonchev–Trinajstić information content (AvgIpc) is 3.38. The lowest BCUT2D eigenvalue weighted by Gasteiger charge is -2.21. The van der Waals surface area contributed by atoms with Crippen LogP contribution in [0.15, 0.2) is 30.5 Å². The van der Waals surface area contributed by atoms with E-state index in [2.05, 4.69) is 15.6 Å². The molecule has 3 heterocycles. The van der Waals surface area contributed by atoms with E-state index < -0.39 is 24.4 Å². The molecule has 2 aromatic rings. The Bertz CT molecular complexity index is 841. The third-order valence-corrected chi connectivity index (χ3v) is 5.34. The maximum absolute atomic E-state index is 12.8. The Morgan fingerprint density at radius 3 is 2.89 bits per heavy atom. The number of amides is 1. The van der Waals surface area contributed by atoms with E-state index >= 15 is 0 Å². The van der Waals surface area contributed by atoms with Gasteiger partial charge in [-0.25, -0.2) is 4.68 Å². The van der Waals surface area contributed by atoms with Crippen molar-refractivity contribution in [1.29, 1.82) is 0 Å². The first-order valence-corrected chi connectivity index (χ1v) is 9.50. The lowest BCUT2D eigenvalue weighted by atomic mass is 10.0. The van der Waals surface area contributed by atoms with Crippen LogP contribution in [0.4, 0.5) is 5.69 Å². The van der Waals surface area contributed by atoms with Crippen LogP contribution in [-0.4, -0.2) is 69.1 Å². The summed E-state index contributed by atoms with van der Waals surface area (Å²) in [6, 6.07) is 7.82. The molecule has 0 saturated carbocycles. The molecule has 1 saturated heterocycles. The number of carbonyl (C=O) groups is 1. The zero-order valence-electron chi connectivity index (χ0n) is 15.7. The van der Waals surface area contributed by atoms with Crippen molar-refractivity contribution in [3.8, 4) is 0 Å². The van der Waals surface area contributed by atoms with Gasteiger partial charge in [0.15, 0.2) is 0 Å². The van der Waals surface area contributed by atoms with Crippen LogP contribution in [0.3, 0.4) is 0 Å². The number of hydrogen-bond acceptors (Lipinski definition) is 7. The molecule has 0 radical (unpaired) electrons. The van der Waals surface area contributed by atoms with E-state index in [0.29, 0.717) is 13.1 Å². The number of para-hydroxylation sites is 1. The lowest BCUT2D eigenvalue weighted by Crippen LogP contribution is -2.37. The van der Waals surface area contributed by atoms with Gasteiger partial charge in [0.25, 0.3) is 0 Å². The predicted molar refractivity (Wildman–Crippen MR) is 101 cm³/mol. The molecule has 4 unspecified atom stereocenters. The first-order valence-electron chi connectivity index (χ1n) is 9.50. The quantitative estimate of drug-likeness (QED) is 0.611. The van der Waals surface area contributed by atoms with Crippen LogP contribution < -0.4 is 10.2 Å². The molecule has 1 aromatic heterocycles. The molecular weight excluding hydrogens is 362 g/mol. The monoisotopic (exact) mass is 387 g/mol. The Hall–Kier alpha value is -2.33. The van der Waals surface area contributed by atoms with Gasteiger partial charge < -0.3 is 25.2 Å². The molecule has 150 valence electrons. The number of aliphatic hydroxyl groups excluding tert-OH is 2. The summed E-state index contributed by atoms with van der Waals surface area (Å²) < 4.78 is 7.40. The molecular formula is C19H25N5O4. The molecule has 2 aliphatic heterocycles. The summed E-state index contributed by atoms with van der Waals surface area (Å²) in [5.74, 6) is -0.112. The Morgan fingerprint density at radius 1 is 1.29 bits per heavy atom. The minimum Gasteiger partial charge on any atom is -0.388 e. The molecule has 4 rings (SSSR count). The molecule has 2 aliphatic rings. The normalized spacial score (nSPS) is 26.6. The van der Waals surface area contributed by atoms with Crippen molar-refractivity contribution in [3.63, 3.8) is 0 Å². The van der Waals surface area contributed by atoms with E-state index in [1.54, 1.807) is 15.8 Å². The van der Waals surface area contributed by atoms with Crippen molar-refractivity contribution in [1.82, 2.24) is 20.3 Å². The Labute approximate surface area is 162 Å². The summed E-state index contributed by atoms with van der Waals surface area (Å²) in [5, 5.41) is 31.8. The molecule has 3 N–H and O–H groups in total. The van der Waals surface area contributed by atoms with Gasteiger partial charge in [-0.3, -0.25) is 4.79 Å². The summed E-state index contributed by atoms with van der Waals surface area (Å²) in [6.45, 7) is 1.47. The van der Waals surface area contributed by atoms with Crippen molar-refractivity contribution in [2.24, 2.45) is 0 Å². The van der Waals surface area contributed by atoms with E-state index in [1.165, 1.54) is 0 Å². The largest absolute Gasteiger partial charge is 0.388 e. The van der Waals surface area contributed by atoms with Gasteiger partial charge in [-0.2, -0.15) is 0 Å². The number of nitrogens with one attached hydrogen (secondary N) is 1. The van der Waals surface area contributed by atoms with E-state index in [9.17, 15) is 15.0 Å². The average molecular weight is 387 g/mol. The fourth-order valence-electron chi connectivity index (χ4n) is 3.90. The Kier molecular flexibility index (Phi) is 5.40. The van der Waals surface area contributed by atoms with Gasteiger partial charge in [-0.1, -0.05) is 23.4 Å². The van der Waals surface area contributed by atoms with Gasteiger partial charge in [0, 0.05) is 25.0 Å². The molecule has 1 fully saturated rings. The summed E-state index contributed by atoms with van der Waals surface area (Å²) in [6.07, 6.45) is -0.997. The fraction of sp³-hybridized carbons (Fsp3) is 0.526. The number of anilines is 1. The summed E-state index contributed by atoms with van der Waals surface area (Å²) >= 11 is 0. The second-order valence-electron chi connectivity index (χ2n) is 7.28. The number of hydrogen-bond donors (Lipinski definition) is 3. The zero-order valence-corrected chi connectivity index (χ0v) is 15.7. The third kappa shape index (κ3) is 3.66. The van der Waals surface area contributed by atoms with E-state index in [-0.39, 0.29) is 18.9 Å². The maximum Gasteiger partial charge on any atom is 0.229 e. The molecule has 9 heteroatoms. The number of carbonyl (C=O) groups excluding carboxylic acids is 1. The van der Waals surface area contributed by atoms with Crippen LogP contribution in [0.25, 0.3) is 0 Å². The van der Waals surface area contributed by atoms with Crippen molar-refractivity contribution < 1.29 is 19.7 Å². The van der Waals surface area contributed by atoms with Crippen molar-refractivity contribution >= 4 is 11.6 Å².